The lowest BCUT2D eigenvalue weighted by Gasteiger charge is -2.09. The second-order valence-electron chi connectivity index (χ2n) is 3.28. The molecule has 0 saturated carbocycles. The van der Waals surface area contributed by atoms with Crippen molar-refractivity contribution in [2.45, 2.75) is 17.3 Å². The highest BCUT2D eigenvalue weighted by atomic mass is 32.2. The molecule has 2 rings (SSSR count). The van der Waals surface area contributed by atoms with Crippen LogP contribution >= 0.6 is 11.3 Å². The van der Waals surface area contributed by atoms with Crippen molar-refractivity contribution in [2.75, 3.05) is 5.73 Å². The standard InChI is InChI=1S/C7H10N6O2S2/c1-4(5-2-9-10-3-5)13-17(14,15)7-12-11-6(8)16-7/h2-4,13H,1H3,(H2,8,11)(H,9,10). The van der Waals surface area contributed by atoms with Crippen molar-refractivity contribution >= 4 is 26.5 Å². The number of hydrogen-bond acceptors (Lipinski definition) is 7. The number of nitrogens with one attached hydrogen (secondary N) is 2. The molecular weight excluding hydrogens is 264 g/mol. The molecule has 2 heterocycles. The molecule has 0 aliphatic heterocycles. The summed E-state index contributed by atoms with van der Waals surface area (Å²) in [5.41, 5.74) is 6.07. The van der Waals surface area contributed by atoms with Crippen LogP contribution in [0.5, 0.6) is 0 Å². The zero-order chi connectivity index (χ0) is 12.5. The molecule has 0 amide bonds. The maximum Gasteiger partial charge on any atom is 0.270 e. The van der Waals surface area contributed by atoms with Gasteiger partial charge in [0, 0.05) is 17.8 Å². The number of aromatic nitrogens is 4. The van der Waals surface area contributed by atoms with Crippen LogP contribution in [0, 0.1) is 0 Å². The number of anilines is 1. The first-order chi connectivity index (χ1) is 7.99. The van der Waals surface area contributed by atoms with Crippen LogP contribution in [-0.4, -0.2) is 28.8 Å². The van der Waals surface area contributed by atoms with E-state index >= 15 is 0 Å². The van der Waals surface area contributed by atoms with Crippen LogP contribution in [0.3, 0.4) is 0 Å². The second-order valence-corrected chi connectivity index (χ2v) is 6.18. The van der Waals surface area contributed by atoms with Crippen molar-refractivity contribution in [2.24, 2.45) is 0 Å². The molecule has 0 fully saturated rings. The number of nitrogen functional groups attached to an aromatic ring is 1. The lowest BCUT2D eigenvalue weighted by molar-refractivity contribution is 0.565. The molecule has 92 valence electrons. The average Bonchev–Trinajstić information content (AvgIpc) is 2.86. The Hall–Kier alpha value is -1.52. The van der Waals surface area contributed by atoms with Gasteiger partial charge in [-0.15, -0.1) is 10.2 Å². The Kier molecular flexibility index (Phi) is 3.09. The summed E-state index contributed by atoms with van der Waals surface area (Å²) in [7, 11) is -3.69. The zero-order valence-electron chi connectivity index (χ0n) is 8.78. The van der Waals surface area contributed by atoms with Gasteiger partial charge in [-0.2, -0.15) is 5.10 Å². The lowest BCUT2D eigenvalue weighted by atomic mass is 10.2. The van der Waals surface area contributed by atoms with Crippen LogP contribution in [0.25, 0.3) is 0 Å². The third-order valence-corrected chi connectivity index (χ3v) is 4.66. The molecule has 2 aromatic heterocycles. The maximum atomic E-state index is 11.9. The quantitative estimate of drug-likeness (QED) is 0.713. The number of nitrogens with zero attached hydrogens (tertiary/aromatic N) is 3. The number of H-pyrrole nitrogens is 1. The van der Waals surface area contributed by atoms with E-state index in [9.17, 15) is 8.42 Å². The fourth-order valence-electron chi connectivity index (χ4n) is 1.18. The summed E-state index contributed by atoms with van der Waals surface area (Å²) in [4.78, 5) is 0. The maximum absolute atomic E-state index is 11.9. The average molecular weight is 274 g/mol. The van der Waals surface area contributed by atoms with Crippen LogP contribution in [0.4, 0.5) is 5.13 Å². The van der Waals surface area contributed by atoms with Crippen molar-refractivity contribution in [3.8, 4) is 0 Å². The van der Waals surface area contributed by atoms with E-state index in [4.69, 9.17) is 5.73 Å². The van der Waals surface area contributed by atoms with Gasteiger partial charge >= 0.3 is 0 Å². The van der Waals surface area contributed by atoms with Gasteiger partial charge in [-0.25, -0.2) is 13.1 Å². The topological polar surface area (TPSA) is 127 Å². The molecule has 0 radical (unpaired) electrons. The molecule has 1 unspecified atom stereocenters. The fraction of sp³-hybridized carbons (Fsp3) is 0.286. The summed E-state index contributed by atoms with van der Waals surface area (Å²) in [5, 5.41) is 13.4. The lowest BCUT2D eigenvalue weighted by Crippen LogP contribution is -2.26. The highest BCUT2D eigenvalue weighted by Crippen LogP contribution is 2.19. The third-order valence-electron chi connectivity index (χ3n) is 2.00. The van der Waals surface area contributed by atoms with Gasteiger partial charge in [-0.05, 0) is 6.92 Å². The Labute approximate surface area is 101 Å². The monoisotopic (exact) mass is 274 g/mol. The van der Waals surface area contributed by atoms with Crippen molar-refractivity contribution in [3.63, 3.8) is 0 Å². The number of aromatic amines is 1. The normalized spacial score (nSPS) is 13.7. The first-order valence-electron chi connectivity index (χ1n) is 4.59. The van der Waals surface area contributed by atoms with Crippen LogP contribution in [0.2, 0.25) is 0 Å². The zero-order valence-corrected chi connectivity index (χ0v) is 10.4. The van der Waals surface area contributed by atoms with Gasteiger partial charge in [0.2, 0.25) is 9.47 Å². The molecular formula is C7H10N6O2S2. The summed E-state index contributed by atoms with van der Waals surface area (Å²) < 4.78 is 26.0. The molecule has 0 aromatic carbocycles. The van der Waals surface area contributed by atoms with Crippen molar-refractivity contribution in [1.82, 2.24) is 25.1 Å². The Balaban J connectivity index is 2.18. The molecule has 0 saturated heterocycles. The van der Waals surface area contributed by atoms with Crippen LogP contribution < -0.4 is 10.5 Å². The molecule has 0 aliphatic rings. The van der Waals surface area contributed by atoms with E-state index in [1.54, 1.807) is 19.3 Å². The number of rotatable bonds is 4. The van der Waals surface area contributed by atoms with Gasteiger partial charge in [0.05, 0.1) is 6.20 Å². The molecule has 0 spiro atoms. The molecule has 8 nitrogen and oxygen atoms in total. The molecule has 1 atom stereocenters. The predicted octanol–water partition coefficient (Wildman–Crippen LogP) is -0.117. The Morgan fingerprint density at radius 1 is 1.53 bits per heavy atom. The van der Waals surface area contributed by atoms with E-state index in [1.807, 2.05) is 0 Å². The summed E-state index contributed by atoms with van der Waals surface area (Å²) in [5.74, 6) is 0. The van der Waals surface area contributed by atoms with Gasteiger partial charge < -0.3 is 5.73 Å². The Bertz CT molecular complexity index is 590. The van der Waals surface area contributed by atoms with Crippen molar-refractivity contribution in [1.29, 1.82) is 0 Å². The highest BCUT2D eigenvalue weighted by molar-refractivity contribution is 7.91. The summed E-state index contributed by atoms with van der Waals surface area (Å²) >= 11 is 0.816. The fourth-order valence-corrected chi connectivity index (χ4v) is 3.21. The summed E-state index contributed by atoms with van der Waals surface area (Å²) in [6.45, 7) is 1.70. The molecule has 4 N–H and O–H groups in total. The molecule has 0 aliphatic carbocycles. The van der Waals surface area contributed by atoms with E-state index < -0.39 is 16.1 Å². The first-order valence-corrected chi connectivity index (χ1v) is 6.89. The smallest absolute Gasteiger partial charge is 0.270 e. The Morgan fingerprint density at radius 2 is 2.29 bits per heavy atom. The molecule has 17 heavy (non-hydrogen) atoms. The number of sulfonamides is 1. The SMILES string of the molecule is CC(NS(=O)(=O)c1nnc(N)s1)c1cn[nH]c1. The predicted molar refractivity (Wildman–Crippen MR) is 61.6 cm³/mol. The van der Waals surface area contributed by atoms with Crippen LogP contribution in [0.15, 0.2) is 16.7 Å². The minimum Gasteiger partial charge on any atom is -0.374 e. The van der Waals surface area contributed by atoms with Gasteiger partial charge in [0.1, 0.15) is 0 Å². The van der Waals surface area contributed by atoms with Crippen LogP contribution in [-0.2, 0) is 10.0 Å². The Morgan fingerprint density at radius 3 is 2.82 bits per heavy atom. The molecule has 0 bridgehead atoms. The highest BCUT2D eigenvalue weighted by Gasteiger charge is 2.22. The van der Waals surface area contributed by atoms with E-state index in [-0.39, 0.29) is 9.47 Å². The molecule has 10 heteroatoms. The van der Waals surface area contributed by atoms with E-state index in [0.29, 0.717) is 0 Å². The minimum atomic E-state index is -3.69. The summed E-state index contributed by atoms with van der Waals surface area (Å²) in [6, 6.07) is -0.413. The largest absolute Gasteiger partial charge is 0.374 e. The molecule has 2 aromatic rings. The van der Waals surface area contributed by atoms with Gasteiger partial charge in [0.15, 0.2) is 0 Å². The van der Waals surface area contributed by atoms with E-state index in [1.165, 1.54) is 0 Å². The van der Waals surface area contributed by atoms with Crippen LogP contribution in [0.1, 0.15) is 18.5 Å². The second kappa shape index (κ2) is 4.39. The van der Waals surface area contributed by atoms with Gasteiger partial charge in [-0.1, -0.05) is 11.3 Å². The summed E-state index contributed by atoms with van der Waals surface area (Å²) in [6.07, 6.45) is 3.16. The van der Waals surface area contributed by atoms with E-state index in [0.717, 1.165) is 16.9 Å². The minimum absolute atomic E-state index is 0.112. The number of nitrogens with two attached hydrogens (primary N) is 1. The van der Waals surface area contributed by atoms with E-state index in [2.05, 4.69) is 25.1 Å². The van der Waals surface area contributed by atoms with Crippen molar-refractivity contribution in [3.05, 3.63) is 18.0 Å². The van der Waals surface area contributed by atoms with Gasteiger partial charge in [-0.3, -0.25) is 5.10 Å². The number of hydrogen-bond donors (Lipinski definition) is 3. The first kappa shape index (κ1) is 12.0. The van der Waals surface area contributed by atoms with Gasteiger partial charge in [0.25, 0.3) is 10.0 Å². The third kappa shape index (κ3) is 2.60. The van der Waals surface area contributed by atoms with Crippen molar-refractivity contribution < 1.29 is 8.42 Å².